The molecule has 0 N–H and O–H groups in total. The normalized spacial score (nSPS) is 12.0. The smallest absolute Gasteiger partial charge is 0.0974 e. The summed E-state index contributed by atoms with van der Waals surface area (Å²) in [6.45, 7) is 2.15. The van der Waals surface area contributed by atoms with Crippen LogP contribution in [0.1, 0.15) is 18.9 Å². The van der Waals surface area contributed by atoms with Crippen LogP contribution >= 0.6 is 15.9 Å². The van der Waals surface area contributed by atoms with E-state index in [0.29, 0.717) is 0 Å². The monoisotopic (exact) mass is 214 g/mol. The first kappa shape index (κ1) is 8.60. The highest BCUT2D eigenvalue weighted by atomic mass is 79.9. The molecule has 0 unspecified atom stereocenters. The fourth-order valence-corrected chi connectivity index (χ4v) is 1.39. The van der Waals surface area contributed by atoms with E-state index in [1.165, 1.54) is 5.57 Å². The number of halogens is 1. The molecule has 0 spiro atoms. The maximum atomic E-state index is 4.94. The van der Waals surface area contributed by atoms with Crippen molar-refractivity contribution in [1.82, 2.24) is 0 Å². The van der Waals surface area contributed by atoms with Crippen LogP contribution in [0.5, 0.6) is 0 Å². The van der Waals surface area contributed by atoms with Gasteiger partial charge in [0, 0.05) is 10.9 Å². The van der Waals surface area contributed by atoms with Crippen LogP contribution in [-0.2, 0) is 0 Å². The van der Waals surface area contributed by atoms with Gasteiger partial charge in [-0.15, -0.1) is 0 Å². The average molecular weight is 215 g/mol. The van der Waals surface area contributed by atoms with Gasteiger partial charge in [-0.3, -0.25) is 0 Å². The first-order chi connectivity index (χ1) is 5.36. The zero-order valence-corrected chi connectivity index (χ0v) is 8.10. The fourth-order valence-electron chi connectivity index (χ4n) is 0.828. The van der Waals surface area contributed by atoms with E-state index in [-0.39, 0.29) is 0 Å². The van der Waals surface area contributed by atoms with Gasteiger partial charge in [0.2, 0.25) is 0 Å². The highest BCUT2D eigenvalue weighted by Gasteiger charge is 1.92. The number of hydrogen-bond donors (Lipinski definition) is 0. The molecule has 0 aliphatic carbocycles. The summed E-state index contributed by atoms with van der Waals surface area (Å²) in [6.07, 6.45) is 6.65. The van der Waals surface area contributed by atoms with E-state index in [4.69, 9.17) is 4.42 Å². The average Bonchev–Trinajstić information content (AvgIpc) is 2.52. The van der Waals surface area contributed by atoms with Crippen LogP contribution in [0.25, 0.3) is 6.08 Å². The lowest BCUT2D eigenvalue weighted by molar-refractivity contribution is 0.567. The second-order valence-corrected chi connectivity index (χ2v) is 2.91. The highest BCUT2D eigenvalue weighted by molar-refractivity contribution is 9.09. The number of furan rings is 1. The summed E-state index contributed by atoms with van der Waals surface area (Å²) in [7, 11) is 0. The Morgan fingerprint density at radius 2 is 2.55 bits per heavy atom. The summed E-state index contributed by atoms with van der Waals surface area (Å²) in [5.74, 6) is 0. The summed E-state index contributed by atoms with van der Waals surface area (Å²) in [5, 5.41) is 0.939. The molecule has 0 radical (unpaired) electrons. The maximum absolute atomic E-state index is 4.94. The predicted octanol–water partition coefficient (Wildman–Crippen LogP) is 3.47. The summed E-state index contributed by atoms with van der Waals surface area (Å²) >= 11 is 3.42. The topological polar surface area (TPSA) is 13.1 Å². The summed E-state index contributed by atoms with van der Waals surface area (Å²) < 4.78 is 4.94. The van der Waals surface area contributed by atoms with Crippen molar-refractivity contribution in [1.29, 1.82) is 0 Å². The van der Waals surface area contributed by atoms with Crippen LogP contribution < -0.4 is 0 Å². The number of alkyl halides is 1. The number of allylic oxidation sites excluding steroid dienone is 1. The van der Waals surface area contributed by atoms with E-state index < -0.39 is 0 Å². The number of rotatable bonds is 3. The Kier molecular flexibility index (Phi) is 3.43. The van der Waals surface area contributed by atoms with Crippen molar-refractivity contribution in [2.45, 2.75) is 13.3 Å². The molecule has 0 aromatic carbocycles. The van der Waals surface area contributed by atoms with Crippen molar-refractivity contribution in [3.05, 3.63) is 29.7 Å². The Bertz CT molecular complexity index is 218. The van der Waals surface area contributed by atoms with Crippen molar-refractivity contribution in [3.8, 4) is 0 Å². The predicted molar refractivity (Wildman–Crippen MR) is 50.8 cm³/mol. The lowest BCUT2D eigenvalue weighted by Gasteiger charge is -1.95. The highest BCUT2D eigenvalue weighted by Crippen LogP contribution is 2.11. The van der Waals surface area contributed by atoms with Gasteiger partial charge in [0.15, 0.2) is 0 Å². The van der Waals surface area contributed by atoms with Crippen molar-refractivity contribution in [2.75, 3.05) is 5.33 Å². The van der Waals surface area contributed by atoms with Gasteiger partial charge < -0.3 is 4.42 Å². The molecule has 0 aliphatic rings. The molecule has 0 atom stereocenters. The zero-order valence-electron chi connectivity index (χ0n) is 6.51. The van der Waals surface area contributed by atoms with Crippen molar-refractivity contribution >= 4 is 22.0 Å². The lowest BCUT2D eigenvalue weighted by atomic mass is 10.2. The molecule has 0 saturated carbocycles. The molecule has 2 heteroatoms. The Morgan fingerprint density at radius 3 is 3.00 bits per heavy atom. The van der Waals surface area contributed by atoms with Gasteiger partial charge in [0.1, 0.15) is 0 Å². The van der Waals surface area contributed by atoms with Crippen LogP contribution in [0.2, 0.25) is 0 Å². The van der Waals surface area contributed by atoms with E-state index in [9.17, 15) is 0 Å². The van der Waals surface area contributed by atoms with Gasteiger partial charge in [-0.25, -0.2) is 0 Å². The summed E-state index contributed by atoms with van der Waals surface area (Å²) in [6, 6.07) is 1.96. The maximum Gasteiger partial charge on any atom is 0.0974 e. The van der Waals surface area contributed by atoms with Crippen LogP contribution in [0, 0.1) is 0 Å². The third-order valence-electron chi connectivity index (χ3n) is 1.54. The second kappa shape index (κ2) is 4.39. The van der Waals surface area contributed by atoms with Gasteiger partial charge in [-0.2, -0.15) is 0 Å². The molecule has 0 amide bonds. The molecule has 0 bridgehead atoms. The van der Waals surface area contributed by atoms with Gasteiger partial charge in [-0.1, -0.05) is 34.5 Å². The molecule has 1 aromatic rings. The van der Waals surface area contributed by atoms with E-state index in [1.54, 1.807) is 12.5 Å². The third kappa shape index (κ3) is 2.54. The standard InChI is InChI=1S/C9H11BrO/c1-2-8(6-10)5-9-3-4-11-7-9/h3-5,7H,2,6H2,1H3/b8-5-. The molecule has 0 saturated heterocycles. The zero-order chi connectivity index (χ0) is 8.10. The van der Waals surface area contributed by atoms with Gasteiger partial charge in [-0.05, 0) is 12.5 Å². The summed E-state index contributed by atoms with van der Waals surface area (Å²) in [5.41, 5.74) is 2.52. The van der Waals surface area contributed by atoms with Gasteiger partial charge >= 0.3 is 0 Å². The molecule has 1 rings (SSSR count). The Hall–Kier alpha value is -0.500. The van der Waals surface area contributed by atoms with E-state index in [1.807, 2.05) is 6.07 Å². The molecule has 0 aliphatic heterocycles. The van der Waals surface area contributed by atoms with Crippen molar-refractivity contribution in [3.63, 3.8) is 0 Å². The molecule has 60 valence electrons. The Balaban J connectivity index is 2.71. The molecule has 0 fully saturated rings. The number of hydrogen-bond acceptors (Lipinski definition) is 1. The van der Waals surface area contributed by atoms with Crippen LogP contribution in [0.4, 0.5) is 0 Å². The van der Waals surface area contributed by atoms with Crippen molar-refractivity contribution in [2.24, 2.45) is 0 Å². The van der Waals surface area contributed by atoms with Crippen LogP contribution in [0.15, 0.2) is 28.6 Å². The van der Waals surface area contributed by atoms with Gasteiger partial charge in [0.05, 0.1) is 12.5 Å². The second-order valence-electron chi connectivity index (χ2n) is 2.35. The van der Waals surface area contributed by atoms with E-state index in [0.717, 1.165) is 17.3 Å². The minimum Gasteiger partial charge on any atom is -0.472 e. The molecular formula is C9H11BrO. The van der Waals surface area contributed by atoms with E-state index >= 15 is 0 Å². The fraction of sp³-hybridized carbons (Fsp3) is 0.333. The first-order valence-corrected chi connectivity index (χ1v) is 4.76. The van der Waals surface area contributed by atoms with Crippen LogP contribution in [0.3, 0.4) is 0 Å². The van der Waals surface area contributed by atoms with Crippen LogP contribution in [-0.4, -0.2) is 5.33 Å². The Labute approximate surface area is 75.2 Å². The lowest BCUT2D eigenvalue weighted by Crippen LogP contribution is -1.79. The molecule has 11 heavy (non-hydrogen) atoms. The first-order valence-electron chi connectivity index (χ1n) is 3.64. The third-order valence-corrected chi connectivity index (χ3v) is 2.26. The SMILES string of the molecule is CC/C(=C/c1ccoc1)CBr. The van der Waals surface area contributed by atoms with E-state index in [2.05, 4.69) is 28.9 Å². The molecule has 1 heterocycles. The van der Waals surface area contributed by atoms with Crippen molar-refractivity contribution < 1.29 is 4.42 Å². The largest absolute Gasteiger partial charge is 0.472 e. The van der Waals surface area contributed by atoms with Gasteiger partial charge in [0.25, 0.3) is 0 Å². The minimum atomic E-state index is 0.939. The molecule has 1 aromatic heterocycles. The molecular weight excluding hydrogens is 204 g/mol. The Morgan fingerprint density at radius 1 is 1.73 bits per heavy atom. The quantitative estimate of drug-likeness (QED) is 0.703. The summed E-state index contributed by atoms with van der Waals surface area (Å²) in [4.78, 5) is 0. The minimum absolute atomic E-state index is 0.939. The molecule has 1 nitrogen and oxygen atoms in total.